The number of thiophene rings is 1. The van der Waals surface area contributed by atoms with Crippen molar-refractivity contribution in [3.8, 4) is 0 Å². The lowest BCUT2D eigenvalue weighted by Crippen LogP contribution is -2.50. The van der Waals surface area contributed by atoms with Crippen molar-refractivity contribution >= 4 is 23.0 Å². The molecule has 2 aromatic rings. The van der Waals surface area contributed by atoms with E-state index in [4.69, 9.17) is 4.84 Å². The van der Waals surface area contributed by atoms with E-state index in [2.05, 4.69) is 17.3 Å². The van der Waals surface area contributed by atoms with Crippen molar-refractivity contribution in [3.05, 3.63) is 58.3 Å². The average molecular weight is 380 g/mol. The maximum absolute atomic E-state index is 13.1. The zero-order chi connectivity index (χ0) is 18.3. The molecule has 0 aliphatic heterocycles. The Kier molecular flexibility index (Phi) is 4.39. The molecule has 3 nitrogen and oxygen atoms in total. The Balaban J connectivity index is 1.36. The lowest BCUT2D eigenvalue weighted by Gasteiger charge is -2.54. The summed E-state index contributed by atoms with van der Waals surface area (Å²) in [5.41, 5.74) is 1.76. The fourth-order valence-electron chi connectivity index (χ4n) is 5.95. The number of hydrogen-bond donors (Lipinski definition) is 0. The van der Waals surface area contributed by atoms with Crippen molar-refractivity contribution < 1.29 is 9.63 Å². The third kappa shape index (κ3) is 3.36. The zero-order valence-corrected chi connectivity index (χ0v) is 16.3. The minimum atomic E-state index is -0.258. The highest BCUT2D eigenvalue weighted by Crippen LogP contribution is 2.60. The largest absolute Gasteiger partial charge is 0.341 e. The quantitative estimate of drug-likeness (QED) is 0.393. The molecule has 0 saturated heterocycles. The fraction of sp³-hybridized carbons (Fsp3) is 0.478. The monoisotopic (exact) mass is 379 g/mol. The molecule has 4 heteroatoms. The molecule has 0 N–H and O–H groups in total. The van der Waals surface area contributed by atoms with Gasteiger partial charge in [0, 0.05) is 6.42 Å². The number of rotatable bonds is 5. The van der Waals surface area contributed by atoms with Crippen molar-refractivity contribution in [2.24, 2.45) is 28.3 Å². The molecule has 1 heterocycles. The number of hydrogen-bond acceptors (Lipinski definition) is 4. The first-order chi connectivity index (χ1) is 13.2. The molecule has 4 saturated carbocycles. The van der Waals surface area contributed by atoms with E-state index in [1.807, 2.05) is 35.7 Å². The number of nitrogens with zero attached hydrogens (tertiary/aromatic N) is 1. The Bertz CT molecular complexity index is 805. The number of oxime groups is 1. The van der Waals surface area contributed by atoms with Gasteiger partial charge in [-0.2, -0.15) is 0 Å². The van der Waals surface area contributed by atoms with E-state index in [0.29, 0.717) is 6.42 Å². The van der Waals surface area contributed by atoms with Crippen LogP contribution in [0, 0.1) is 23.2 Å². The Morgan fingerprint density at radius 2 is 1.67 bits per heavy atom. The Morgan fingerprint density at radius 1 is 1.00 bits per heavy atom. The van der Waals surface area contributed by atoms with Gasteiger partial charge in [-0.1, -0.05) is 41.6 Å². The molecule has 4 bridgehead atoms. The van der Waals surface area contributed by atoms with Gasteiger partial charge in [0.25, 0.3) is 0 Å². The molecule has 4 fully saturated rings. The van der Waals surface area contributed by atoms with Crippen LogP contribution in [0.4, 0.5) is 0 Å². The normalized spacial score (nSPS) is 31.9. The van der Waals surface area contributed by atoms with Crippen molar-refractivity contribution in [2.45, 2.75) is 44.9 Å². The maximum atomic E-state index is 13.1. The lowest BCUT2D eigenvalue weighted by atomic mass is 9.49. The van der Waals surface area contributed by atoms with Gasteiger partial charge in [0.1, 0.15) is 5.71 Å². The van der Waals surface area contributed by atoms with Crippen LogP contribution < -0.4 is 0 Å². The predicted octanol–water partition coefficient (Wildman–Crippen LogP) is 5.45. The van der Waals surface area contributed by atoms with Gasteiger partial charge in [-0.05, 0) is 73.3 Å². The Labute approximate surface area is 164 Å². The van der Waals surface area contributed by atoms with Crippen LogP contribution >= 0.6 is 11.3 Å². The third-order valence-electron chi connectivity index (χ3n) is 6.73. The summed E-state index contributed by atoms with van der Waals surface area (Å²) in [5.74, 6) is 2.11. The van der Waals surface area contributed by atoms with Crippen LogP contribution in [-0.4, -0.2) is 11.7 Å². The van der Waals surface area contributed by atoms with Gasteiger partial charge in [0.05, 0.1) is 10.3 Å². The molecule has 27 heavy (non-hydrogen) atoms. The SMILES string of the molecule is O=C(O/N=C(\Cc1ccccc1)c1cccs1)C12CC3CC(CC(C3)C1)C2. The van der Waals surface area contributed by atoms with E-state index in [1.165, 1.54) is 24.8 Å². The average Bonchev–Trinajstić information content (AvgIpc) is 3.19. The van der Waals surface area contributed by atoms with Crippen LogP contribution in [0.25, 0.3) is 0 Å². The van der Waals surface area contributed by atoms with Crippen LogP contribution in [0.2, 0.25) is 0 Å². The van der Waals surface area contributed by atoms with Crippen LogP contribution in [0.1, 0.15) is 49.0 Å². The summed E-state index contributed by atoms with van der Waals surface area (Å²) in [6, 6.07) is 14.3. The van der Waals surface area contributed by atoms with Crippen LogP contribution in [0.3, 0.4) is 0 Å². The van der Waals surface area contributed by atoms with Crippen molar-refractivity contribution in [2.75, 3.05) is 0 Å². The molecule has 4 aliphatic rings. The second kappa shape index (κ2) is 6.90. The van der Waals surface area contributed by atoms with E-state index in [9.17, 15) is 4.79 Å². The molecule has 0 spiro atoms. The zero-order valence-electron chi connectivity index (χ0n) is 15.5. The van der Waals surface area contributed by atoms with Gasteiger partial charge in [0.2, 0.25) is 0 Å². The molecule has 140 valence electrons. The fourth-order valence-corrected chi connectivity index (χ4v) is 6.66. The summed E-state index contributed by atoms with van der Waals surface area (Å²) in [6.07, 6.45) is 7.69. The summed E-state index contributed by atoms with van der Waals surface area (Å²) < 4.78 is 0. The van der Waals surface area contributed by atoms with Gasteiger partial charge in [-0.15, -0.1) is 11.3 Å². The summed E-state index contributed by atoms with van der Waals surface area (Å²) in [6.45, 7) is 0. The Hall–Kier alpha value is -1.94. The molecular weight excluding hydrogens is 354 g/mol. The second-order valence-corrected chi connectivity index (χ2v) is 9.70. The van der Waals surface area contributed by atoms with Gasteiger partial charge in [-0.3, -0.25) is 0 Å². The lowest BCUT2D eigenvalue weighted by molar-refractivity contribution is -0.171. The molecule has 0 unspecified atom stereocenters. The van der Waals surface area contributed by atoms with Crippen molar-refractivity contribution in [1.82, 2.24) is 0 Å². The van der Waals surface area contributed by atoms with E-state index in [0.717, 1.165) is 47.6 Å². The molecule has 0 amide bonds. The summed E-state index contributed by atoms with van der Waals surface area (Å²) in [5, 5.41) is 6.43. The molecule has 0 atom stereocenters. The summed E-state index contributed by atoms with van der Waals surface area (Å²) in [7, 11) is 0. The number of carbonyl (C=O) groups excluding carboxylic acids is 1. The van der Waals surface area contributed by atoms with Crippen LogP contribution in [0.5, 0.6) is 0 Å². The molecule has 0 radical (unpaired) electrons. The van der Waals surface area contributed by atoms with E-state index in [1.54, 1.807) is 11.3 Å². The number of carbonyl (C=O) groups is 1. The first-order valence-corrected chi connectivity index (χ1v) is 10.9. The first-order valence-electron chi connectivity index (χ1n) is 10.1. The smallest absolute Gasteiger partial charge is 0.317 e. The third-order valence-corrected chi connectivity index (χ3v) is 7.65. The van der Waals surface area contributed by atoms with Crippen LogP contribution in [-0.2, 0) is 16.1 Å². The van der Waals surface area contributed by atoms with Crippen molar-refractivity contribution in [1.29, 1.82) is 0 Å². The molecule has 1 aromatic carbocycles. The summed E-state index contributed by atoms with van der Waals surface area (Å²) in [4.78, 5) is 19.8. The van der Waals surface area contributed by atoms with E-state index in [-0.39, 0.29) is 11.4 Å². The molecule has 4 aliphatic carbocycles. The first kappa shape index (κ1) is 17.2. The summed E-state index contributed by atoms with van der Waals surface area (Å²) >= 11 is 1.64. The molecule has 6 rings (SSSR count). The van der Waals surface area contributed by atoms with Gasteiger partial charge in [0.15, 0.2) is 0 Å². The van der Waals surface area contributed by atoms with Crippen LogP contribution in [0.15, 0.2) is 53.0 Å². The van der Waals surface area contributed by atoms with E-state index >= 15 is 0 Å². The van der Waals surface area contributed by atoms with Gasteiger partial charge in [-0.25, -0.2) is 4.79 Å². The van der Waals surface area contributed by atoms with Gasteiger partial charge < -0.3 is 4.84 Å². The number of benzene rings is 1. The minimum absolute atomic E-state index is 0.0799. The highest BCUT2D eigenvalue weighted by Gasteiger charge is 2.55. The molecular formula is C23H25NO2S. The standard InChI is InChI=1S/C23H25NO2S/c25-22(23-13-17-9-18(14-23)11-19(10-17)15-23)26-24-20(21-7-4-8-27-21)12-16-5-2-1-3-6-16/h1-8,17-19H,9-15H2/b24-20+. The Morgan fingerprint density at radius 3 is 2.26 bits per heavy atom. The predicted molar refractivity (Wildman–Crippen MR) is 108 cm³/mol. The van der Waals surface area contributed by atoms with E-state index < -0.39 is 0 Å². The molecule has 1 aromatic heterocycles. The van der Waals surface area contributed by atoms with Gasteiger partial charge >= 0.3 is 5.97 Å². The minimum Gasteiger partial charge on any atom is -0.317 e. The highest BCUT2D eigenvalue weighted by molar-refractivity contribution is 7.12. The highest BCUT2D eigenvalue weighted by atomic mass is 32.1. The second-order valence-electron chi connectivity index (χ2n) is 8.75. The topological polar surface area (TPSA) is 38.7 Å². The maximum Gasteiger partial charge on any atom is 0.341 e. The van der Waals surface area contributed by atoms with Crippen molar-refractivity contribution in [3.63, 3.8) is 0 Å².